The van der Waals surface area contributed by atoms with Gasteiger partial charge in [-0.05, 0) is 97.5 Å². The highest BCUT2D eigenvalue weighted by Crippen LogP contribution is 2.41. The summed E-state index contributed by atoms with van der Waals surface area (Å²) in [7, 11) is 0. The average molecular weight is 603 g/mol. The van der Waals surface area contributed by atoms with Gasteiger partial charge in [0.1, 0.15) is 24.7 Å². The van der Waals surface area contributed by atoms with Crippen molar-refractivity contribution in [3.63, 3.8) is 0 Å². The van der Waals surface area contributed by atoms with Crippen LogP contribution in [0.5, 0.6) is 11.5 Å². The molecule has 0 aliphatic carbocycles. The molecule has 0 radical (unpaired) electrons. The normalized spacial score (nSPS) is 12.6. The molecule has 0 saturated carbocycles. The highest BCUT2D eigenvalue weighted by Gasteiger charge is 2.28. The molecule has 0 aromatic heterocycles. The van der Waals surface area contributed by atoms with Gasteiger partial charge < -0.3 is 19.7 Å². The highest BCUT2D eigenvalue weighted by atomic mass is 16.5. The largest absolute Gasteiger partial charge is 0.507 e. The third-order valence-electron chi connectivity index (χ3n) is 7.65. The Hall–Kier alpha value is -3.80. The number of esters is 2. The number of benzene rings is 3. The molecule has 44 heavy (non-hydrogen) atoms. The lowest BCUT2D eigenvalue weighted by Crippen LogP contribution is -2.18. The molecule has 0 spiro atoms. The van der Waals surface area contributed by atoms with Crippen LogP contribution in [0.1, 0.15) is 137 Å². The maximum Gasteiger partial charge on any atom is 0.338 e. The lowest BCUT2D eigenvalue weighted by atomic mass is 9.78. The molecule has 0 saturated heterocycles. The SMILES string of the molecule is CC(C)(C)c1cc(COC(=O)c2cccc(C(=O)OCc3cc(C(C)(C)C)c(O)c(C(C)(C)C)c3)c2)cc(C(C)(C)C)c1O. The Morgan fingerprint density at radius 3 is 1.05 bits per heavy atom. The topological polar surface area (TPSA) is 93.1 Å². The minimum absolute atomic E-state index is 0.0209. The fourth-order valence-corrected chi connectivity index (χ4v) is 5.08. The van der Waals surface area contributed by atoms with Gasteiger partial charge in [-0.1, -0.05) is 89.2 Å². The molecule has 6 heteroatoms. The van der Waals surface area contributed by atoms with Gasteiger partial charge in [0.2, 0.25) is 0 Å². The van der Waals surface area contributed by atoms with E-state index in [1.54, 1.807) is 18.2 Å². The fraction of sp³-hybridized carbons (Fsp3) is 0.474. The van der Waals surface area contributed by atoms with Crippen molar-refractivity contribution in [2.75, 3.05) is 0 Å². The van der Waals surface area contributed by atoms with E-state index in [0.717, 1.165) is 33.4 Å². The number of rotatable bonds is 6. The summed E-state index contributed by atoms with van der Waals surface area (Å²) in [6.45, 7) is 24.4. The van der Waals surface area contributed by atoms with E-state index in [1.165, 1.54) is 6.07 Å². The van der Waals surface area contributed by atoms with Crippen LogP contribution < -0.4 is 0 Å². The van der Waals surface area contributed by atoms with Gasteiger partial charge in [-0.2, -0.15) is 0 Å². The number of phenols is 2. The zero-order chi connectivity index (χ0) is 33.4. The van der Waals surface area contributed by atoms with Gasteiger partial charge >= 0.3 is 11.9 Å². The summed E-state index contributed by atoms with van der Waals surface area (Å²) in [5.74, 6) is -0.596. The average Bonchev–Trinajstić information content (AvgIpc) is 2.88. The summed E-state index contributed by atoms with van der Waals surface area (Å²) in [6, 6.07) is 13.8. The third kappa shape index (κ3) is 8.22. The van der Waals surface area contributed by atoms with E-state index >= 15 is 0 Å². The Balaban J connectivity index is 1.79. The van der Waals surface area contributed by atoms with E-state index in [2.05, 4.69) is 0 Å². The summed E-state index contributed by atoms with van der Waals surface area (Å²) in [5.41, 5.74) is 3.97. The number of ether oxygens (including phenoxy) is 2. The lowest BCUT2D eigenvalue weighted by Gasteiger charge is -2.28. The molecule has 0 aliphatic heterocycles. The Labute approximate surface area is 263 Å². The summed E-state index contributed by atoms with van der Waals surface area (Å²) < 4.78 is 11.3. The molecule has 0 bridgehead atoms. The van der Waals surface area contributed by atoms with Gasteiger partial charge in [0, 0.05) is 0 Å². The summed E-state index contributed by atoms with van der Waals surface area (Å²) >= 11 is 0. The first-order valence-electron chi connectivity index (χ1n) is 15.2. The van der Waals surface area contributed by atoms with Crippen LogP contribution in [0.4, 0.5) is 0 Å². The molecule has 3 aromatic rings. The number of phenolic OH excluding ortho intramolecular Hbond substituents is 2. The fourth-order valence-electron chi connectivity index (χ4n) is 5.08. The van der Waals surface area contributed by atoms with E-state index in [4.69, 9.17) is 9.47 Å². The van der Waals surface area contributed by atoms with Crippen LogP contribution in [0.15, 0.2) is 48.5 Å². The van der Waals surface area contributed by atoms with Gasteiger partial charge in [0.25, 0.3) is 0 Å². The van der Waals surface area contributed by atoms with Crippen molar-refractivity contribution in [1.82, 2.24) is 0 Å². The molecule has 3 aromatic carbocycles. The number of hydrogen-bond donors (Lipinski definition) is 2. The number of aromatic hydroxyl groups is 2. The van der Waals surface area contributed by atoms with Crippen LogP contribution >= 0.6 is 0 Å². The van der Waals surface area contributed by atoms with Crippen LogP contribution in [0.2, 0.25) is 0 Å². The molecule has 0 atom stereocenters. The van der Waals surface area contributed by atoms with Crippen molar-refractivity contribution in [3.8, 4) is 11.5 Å². The zero-order valence-corrected chi connectivity index (χ0v) is 28.6. The molecular weight excluding hydrogens is 552 g/mol. The smallest absolute Gasteiger partial charge is 0.338 e. The summed E-state index contributed by atoms with van der Waals surface area (Å²) in [4.78, 5) is 26.1. The highest BCUT2D eigenvalue weighted by molar-refractivity contribution is 5.95. The second-order valence-corrected chi connectivity index (χ2v) is 15.8. The minimum Gasteiger partial charge on any atom is -0.507 e. The first kappa shape index (κ1) is 34.7. The molecule has 0 heterocycles. The zero-order valence-electron chi connectivity index (χ0n) is 28.6. The standard InChI is InChI=1S/C38H50O6/c1-35(2,3)27-16-23(17-28(31(27)39)36(4,5)6)21-43-33(41)25-14-13-15-26(20-25)34(42)44-22-24-18-29(37(7,8)9)32(40)30(19-24)38(10,11)12/h13-20,39-40H,21-22H2,1-12H3. The van der Waals surface area contributed by atoms with Crippen molar-refractivity contribution in [1.29, 1.82) is 0 Å². The third-order valence-corrected chi connectivity index (χ3v) is 7.65. The molecule has 2 N–H and O–H groups in total. The Morgan fingerprint density at radius 2 is 0.795 bits per heavy atom. The van der Waals surface area contributed by atoms with Gasteiger partial charge in [0.15, 0.2) is 0 Å². The number of carbonyl (C=O) groups excluding carboxylic acids is 2. The van der Waals surface area contributed by atoms with E-state index in [0.29, 0.717) is 0 Å². The maximum atomic E-state index is 13.1. The van der Waals surface area contributed by atoms with Crippen molar-refractivity contribution in [3.05, 3.63) is 93.0 Å². The van der Waals surface area contributed by atoms with Crippen LogP contribution in [0.25, 0.3) is 0 Å². The molecule has 0 unspecified atom stereocenters. The molecule has 0 fully saturated rings. The van der Waals surface area contributed by atoms with Crippen molar-refractivity contribution < 1.29 is 29.3 Å². The monoisotopic (exact) mass is 602 g/mol. The lowest BCUT2D eigenvalue weighted by molar-refractivity contribution is 0.0470. The summed E-state index contributed by atoms with van der Waals surface area (Å²) in [5, 5.41) is 22.0. The summed E-state index contributed by atoms with van der Waals surface area (Å²) in [6.07, 6.45) is 0. The van der Waals surface area contributed by atoms with Crippen LogP contribution in [0, 0.1) is 0 Å². The van der Waals surface area contributed by atoms with Gasteiger partial charge in [-0.15, -0.1) is 0 Å². The number of hydrogen-bond acceptors (Lipinski definition) is 6. The quantitative estimate of drug-likeness (QED) is 0.274. The maximum absolute atomic E-state index is 13.1. The second kappa shape index (κ2) is 12.3. The van der Waals surface area contributed by atoms with E-state index in [1.807, 2.05) is 107 Å². The van der Waals surface area contributed by atoms with Crippen molar-refractivity contribution in [2.45, 2.75) is 118 Å². The second-order valence-electron chi connectivity index (χ2n) is 15.8. The van der Waals surface area contributed by atoms with Crippen molar-refractivity contribution >= 4 is 11.9 Å². The molecule has 0 aliphatic rings. The van der Waals surface area contributed by atoms with E-state index in [9.17, 15) is 19.8 Å². The predicted octanol–water partition coefficient (Wildman–Crippen LogP) is 9.00. The predicted molar refractivity (Wildman–Crippen MR) is 176 cm³/mol. The van der Waals surface area contributed by atoms with Gasteiger partial charge in [-0.25, -0.2) is 9.59 Å². The van der Waals surface area contributed by atoms with E-state index < -0.39 is 11.9 Å². The Morgan fingerprint density at radius 1 is 0.523 bits per heavy atom. The van der Waals surface area contributed by atoms with Gasteiger partial charge in [0.05, 0.1) is 11.1 Å². The Kier molecular flexibility index (Phi) is 9.70. The first-order valence-corrected chi connectivity index (χ1v) is 15.2. The Bertz CT molecular complexity index is 1350. The molecule has 3 rings (SSSR count). The first-order chi connectivity index (χ1) is 20.0. The number of carbonyl (C=O) groups is 2. The molecule has 6 nitrogen and oxygen atoms in total. The minimum atomic E-state index is -0.564. The molecule has 238 valence electrons. The van der Waals surface area contributed by atoms with Crippen LogP contribution in [-0.4, -0.2) is 22.2 Å². The van der Waals surface area contributed by atoms with Crippen molar-refractivity contribution in [2.24, 2.45) is 0 Å². The van der Waals surface area contributed by atoms with E-state index in [-0.39, 0.29) is 57.5 Å². The molecular formula is C38H50O6. The van der Waals surface area contributed by atoms with Crippen LogP contribution in [0.3, 0.4) is 0 Å². The van der Waals surface area contributed by atoms with Gasteiger partial charge in [-0.3, -0.25) is 0 Å². The molecule has 0 amide bonds. The van der Waals surface area contributed by atoms with Crippen LogP contribution in [-0.2, 0) is 44.3 Å².